The van der Waals surface area contributed by atoms with E-state index in [-0.39, 0.29) is 12.5 Å². The quantitative estimate of drug-likeness (QED) is 0.597. The smallest absolute Gasteiger partial charge is 0.289 e. The summed E-state index contributed by atoms with van der Waals surface area (Å²) in [5.41, 5.74) is 1.30. The molecule has 0 spiro atoms. The third-order valence-electron chi connectivity index (χ3n) is 5.20. The molecule has 156 valence electrons. The van der Waals surface area contributed by atoms with E-state index in [0.717, 1.165) is 25.4 Å². The van der Waals surface area contributed by atoms with E-state index in [1.807, 2.05) is 35.2 Å². The van der Waals surface area contributed by atoms with Gasteiger partial charge in [-0.2, -0.15) is 0 Å². The zero-order chi connectivity index (χ0) is 20.8. The Morgan fingerprint density at radius 2 is 1.70 bits per heavy atom. The van der Waals surface area contributed by atoms with Gasteiger partial charge in [0.25, 0.3) is 5.91 Å². The zero-order valence-corrected chi connectivity index (χ0v) is 17.1. The van der Waals surface area contributed by atoms with Crippen LogP contribution in [-0.2, 0) is 13.2 Å². The summed E-state index contributed by atoms with van der Waals surface area (Å²) in [5, 5.41) is 0. The topological polar surface area (TPSA) is 55.2 Å². The molecule has 0 saturated carbocycles. The van der Waals surface area contributed by atoms with Gasteiger partial charge in [0.1, 0.15) is 23.9 Å². The minimum absolute atomic E-state index is 0.0676. The Hall–Kier alpha value is -3.25. The molecule has 1 aromatic heterocycles. The van der Waals surface area contributed by atoms with Crippen LogP contribution in [0.25, 0.3) is 0 Å². The second-order valence-electron chi connectivity index (χ2n) is 7.29. The summed E-state index contributed by atoms with van der Waals surface area (Å²) in [7, 11) is 1.62. The van der Waals surface area contributed by atoms with Crippen LogP contribution in [0.5, 0.6) is 11.5 Å². The number of rotatable bonds is 7. The van der Waals surface area contributed by atoms with Crippen molar-refractivity contribution in [2.45, 2.75) is 13.2 Å². The van der Waals surface area contributed by atoms with Crippen LogP contribution < -0.4 is 9.47 Å². The van der Waals surface area contributed by atoms with Crippen molar-refractivity contribution >= 4 is 5.91 Å². The van der Waals surface area contributed by atoms with Crippen molar-refractivity contribution in [2.24, 2.45) is 0 Å². The van der Waals surface area contributed by atoms with Gasteiger partial charge in [-0.15, -0.1) is 0 Å². The van der Waals surface area contributed by atoms with Crippen LogP contribution in [0.15, 0.2) is 71.1 Å². The van der Waals surface area contributed by atoms with Crippen molar-refractivity contribution < 1.29 is 18.7 Å². The van der Waals surface area contributed by atoms with E-state index < -0.39 is 0 Å². The predicted molar refractivity (Wildman–Crippen MR) is 114 cm³/mol. The summed E-state index contributed by atoms with van der Waals surface area (Å²) in [4.78, 5) is 17.0. The van der Waals surface area contributed by atoms with E-state index in [4.69, 9.17) is 13.9 Å². The van der Waals surface area contributed by atoms with Gasteiger partial charge < -0.3 is 18.8 Å². The number of carbonyl (C=O) groups excluding carboxylic acids is 1. The Kier molecular flexibility index (Phi) is 6.35. The highest BCUT2D eigenvalue weighted by Crippen LogP contribution is 2.21. The number of hydrogen-bond acceptors (Lipinski definition) is 5. The molecule has 0 bridgehead atoms. The van der Waals surface area contributed by atoms with Gasteiger partial charge in [0.05, 0.1) is 7.11 Å². The van der Waals surface area contributed by atoms with Crippen LogP contribution in [0.1, 0.15) is 21.9 Å². The summed E-state index contributed by atoms with van der Waals surface area (Å²) >= 11 is 0. The van der Waals surface area contributed by atoms with Crippen LogP contribution >= 0.6 is 0 Å². The molecule has 0 atom stereocenters. The van der Waals surface area contributed by atoms with Crippen LogP contribution in [0.4, 0.5) is 0 Å². The number of benzene rings is 2. The third-order valence-corrected chi connectivity index (χ3v) is 5.20. The molecular formula is C24H26N2O4. The highest BCUT2D eigenvalue weighted by atomic mass is 16.5. The van der Waals surface area contributed by atoms with Crippen LogP contribution in [0, 0.1) is 0 Å². The first-order valence-corrected chi connectivity index (χ1v) is 10.1. The third kappa shape index (κ3) is 5.02. The molecule has 1 fully saturated rings. The summed E-state index contributed by atoms with van der Waals surface area (Å²) in [6.07, 6.45) is 0. The zero-order valence-electron chi connectivity index (χ0n) is 17.1. The lowest BCUT2D eigenvalue weighted by Gasteiger charge is -2.34. The summed E-state index contributed by atoms with van der Waals surface area (Å²) in [5.74, 6) is 2.32. The molecule has 0 radical (unpaired) electrons. The first-order chi connectivity index (χ1) is 14.7. The molecule has 2 heterocycles. The van der Waals surface area contributed by atoms with Crippen molar-refractivity contribution in [1.29, 1.82) is 0 Å². The van der Waals surface area contributed by atoms with Gasteiger partial charge in [-0.1, -0.05) is 36.4 Å². The lowest BCUT2D eigenvalue weighted by molar-refractivity contribution is 0.0594. The molecule has 30 heavy (non-hydrogen) atoms. The lowest BCUT2D eigenvalue weighted by atomic mass is 10.2. The number of amides is 1. The van der Waals surface area contributed by atoms with Crippen molar-refractivity contribution in [2.75, 3.05) is 33.3 Å². The SMILES string of the molecule is COc1cccc(OCc2ccc(C(=O)N3CCN(Cc4ccccc4)CC3)o2)c1. The Labute approximate surface area is 176 Å². The Morgan fingerprint density at radius 1 is 0.933 bits per heavy atom. The molecule has 3 aromatic rings. The highest BCUT2D eigenvalue weighted by molar-refractivity contribution is 5.91. The molecule has 6 nitrogen and oxygen atoms in total. The number of methoxy groups -OCH3 is 1. The van der Waals surface area contributed by atoms with Crippen molar-refractivity contribution in [3.63, 3.8) is 0 Å². The number of furan rings is 1. The standard InChI is InChI=1S/C24H26N2O4/c1-28-20-8-5-9-21(16-20)29-18-22-10-11-23(30-22)24(27)26-14-12-25(13-15-26)17-19-6-3-2-4-7-19/h2-11,16H,12-15,17-18H2,1H3. The second-order valence-corrected chi connectivity index (χ2v) is 7.29. The maximum absolute atomic E-state index is 12.8. The van der Waals surface area contributed by atoms with Crippen LogP contribution in [0.3, 0.4) is 0 Å². The molecule has 2 aromatic carbocycles. The molecule has 1 amide bonds. The number of hydrogen-bond donors (Lipinski definition) is 0. The van der Waals surface area contributed by atoms with Gasteiger partial charge in [-0.3, -0.25) is 9.69 Å². The molecule has 1 aliphatic heterocycles. The average molecular weight is 406 g/mol. The van der Waals surface area contributed by atoms with Crippen LogP contribution in [-0.4, -0.2) is 49.0 Å². The molecule has 0 N–H and O–H groups in total. The van der Waals surface area contributed by atoms with Crippen molar-refractivity contribution in [3.05, 3.63) is 83.8 Å². The first-order valence-electron chi connectivity index (χ1n) is 10.1. The van der Waals surface area contributed by atoms with Gasteiger partial charge >= 0.3 is 0 Å². The number of nitrogens with zero attached hydrogens (tertiary/aromatic N) is 2. The van der Waals surface area contributed by atoms with Crippen LogP contribution in [0.2, 0.25) is 0 Å². The van der Waals surface area contributed by atoms with E-state index in [2.05, 4.69) is 29.2 Å². The Bertz CT molecular complexity index is 962. The molecular weight excluding hydrogens is 380 g/mol. The van der Waals surface area contributed by atoms with Gasteiger partial charge in [0, 0.05) is 38.8 Å². The minimum Gasteiger partial charge on any atom is -0.497 e. The molecule has 0 aliphatic carbocycles. The van der Waals surface area contributed by atoms with Gasteiger partial charge in [-0.25, -0.2) is 0 Å². The molecule has 4 rings (SSSR count). The number of ether oxygens (including phenoxy) is 2. The fourth-order valence-corrected chi connectivity index (χ4v) is 3.52. The Balaban J connectivity index is 1.28. The summed E-state index contributed by atoms with van der Waals surface area (Å²) in [6, 6.07) is 21.3. The van der Waals surface area contributed by atoms with E-state index in [0.29, 0.717) is 30.4 Å². The molecule has 1 aliphatic rings. The van der Waals surface area contributed by atoms with Crippen molar-refractivity contribution in [3.8, 4) is 11.5 Å². The van der Waals surface area contributed by atoms with E-state index in [1.54, 1.807) is 19.2 Å². The van der Waals surface area contributed by atoms with E-state index in [1.165, 1.54) is 5.56 Å². The monoisotopic (exact) mass is 406 g/mol. The minimum atomic E-state index is -0.0676. The summed E-state index contributed by atoms with van der Waals surface area (Å²) in [6.45, 7) is 4.27. The lowest BCUT2D eigenvalue weighted by Crippen LogP contribution is -2.48. The van der Waals surface area contributed by atoms with Gasteiger partial charge in [0.15, 0.2) is 5.76 Å². The summed E-state index contributed by atoms with van der Waals surface area (Å²) < 4.78 is 16.7. The average Bonchev–Trinajstić information content (AvgIpc) is 3.28. The molecule has 0 unspecified atom stereocenters. The maximum atomic E-state index is 12.8. The Morgan fingerprint density at radius 3 is 2.47 bits per heavy atom. The second kappa shape index (κ2) is 9.50. The van der Waals surface area contributed by atoms with Gasteiger partial charge in [-0.05, 0) is 29.8 Å². The number of carbonyl (C=O) groups is 1. The molecule has 1 saturated heterocycles. The molecule has 6 heteroatoms. The largest absolute Gasteiger partial charge is 0.497 e. The predicted octanol–water partition coefficient (Wildman–Crippen LogP) is 3.83. The first kappa shape index (κ1) is 20.0. The number of piperazine rings is 1. The normalized spacial score (nSPS) is 14.5. The fourth-order valence-electron chi connectivity index (χ4n) is 3.52. The van der Waals surface area contributed by atoms with Gasteiger partial charge in [0.2, 0.25) is 0 Å². The van der Waals surface area contributed by atoms with E-state index in [9.17, 15) is 4.79 Å². The van der Waals surface area contributed by atoms with E-state index >= 15 is 0 Å². The maximum Gasteiger partial charge on any atom is 0.289 e. The highest BCUT2D eigenvalue weighted by Gasteiger charge is 2.24. The van der Waals surface area contributed by atoms with Crippen molar-refractivity contribution in [1.82, 2.24) is 9.80 Å². The fraction of sp³-hybridized carbons (Fsp3) is 0.292.